The second-order valence-electron chi connectivity index (χ2n) is 5.41. The first-order valence-electron chi connectivity index (χ1n) is 7.50. The summed E-state index contributed by atoms with van der Waals surface area (Å²) in [5.41, 5.74) is 0. The smallest absolute Gasteiger partial charge is 0.387 e. The molecular formula is C15H15N3O5S3. The predicted molar refractivity (Wildman–Crippen MR) is 99.3 cm³/mol. The SMILES string of the molecule is CS(=O)(=O)NCCc1ccc(C(=O)Cn2nc(-c3cccs3)oc2=O)s1. The largest absolute Gasteiger partial charge is 0.437 e. The van der Waals surface area contributed by atoms with Crippen molar-refractivity contribution < 1.29 is 17.6 Å². The van der Waals surface area contributed by atoms with E-state index in [1.165, 1.54) is 22.7 Å². The number of sulfonamides is 1. The fraction of sp³-hybridized carbons (Fsp3) is 0.267. The van der Waals surface area contributed by atoms with Crippen LogP contribution in [0.1, 0.15) is 14.5 Å². The highest BCUT2D eigenvalue weighted by molar-refractivity contribution is 7.88. The molecule has 26 heavy (non-hydrogen) atoms. The third-order valence-electron chi connectivity index (χ3n) is 3.30. The molecule has 0 aliphatic rings. The molecule has 0 aliphatic heterocycles. The van der Waals surface area contributed by atoms with E-state index in [1.54, 1.807) is 18.2 Å². The Morgan fingerprint density at radius 2 is 2.15 bits per heavy atom. The molecule has 0 saturated heterocycles. The van der Waals surface area contributed by atoms with Gasteiger partial charge < -0.3 is 4.42 Å². The predicted octanol–water partition coefficient (Wildman–Crippen LogP) is 1.60. The van der Waals surface area contributed by atoms with Gasteiger partial charge in [0.2, 0.25) is 10.0 Å². The summed E-state index contributed by atoms with van der Waals surface area (Å²) < 4.78 is 30.6. The van der Waals surface area contributed by atoms with Gasteiger partial charge in [0, 0.05) is 11.4 Å². The summed E-state index contributed by atoms with van der Waals surface area (Å²) in [5.74, 6) is -0.752. The van der Waals surface area contributed by atoms with Crippen LogP contribution in [0, 0.1) is 0 Å². The van der Waals surface area contributed by atoms with Gasteiger partial charge in [-0.05, 0) is 30.0 Å². The van der Waals surface area contributed by atoms with Crippen molar-refractivity contribution in [2.45, 2.75) is 13.0 Å². The van der Waals surface area contributed by atoms with Crippen molar-refractivity contribution in [3.8, 4) is 10.8 Å². The Hall–Kier alpha value is -2.08. The first-order valence-corrected chi connectivity index (χ1v) is 11.1. The molecule has 3 aromatic heterocycles. The topological polar surface area (TPSA) is 111 Å². The van der Waals surface area contributed by atoms with Gasteiger partial charge in [0.15, 0.2) is 5.78 Å². The highest BCUT2D eigenvalue weighted by Gasteiger charge is 2.16. The number of Topliss-reactive ketones (excluding diaryl/α,β-unsaturated/α-hetero) is 1. The van der Waals surface area contributed by atoms with Crippen LogP contribution in [0.15, 0.2) is 38.9 Å². The Morgan fingerprint density at radius 1 is 1.35 bits per heavy atom. The average Bonchev–Trinajstić information content (AvgIpc) is 3.27. The molecule has 0 aromatic carbocycles. The number of hydrogen-bond acceptors (Lipinski definition) is 8. The van der Waals surface area contributed by atoms with Crippen molar-refractivity contribution in [1.29, 1.82) is 0 Å². The van der Waals surface area contributed by atoms with Crippen molar-refractivity contribution >= 4 is 38.5 Å². The van der Waals surface area contributed by atoms with E-state index in [0.717, 1.165) is 15.8 Å². The van der Waals surface area contributed by atoms with Crippen LogP contribution in [0.2, 0.25) is 0 Å². The summed E-state index contributed by atoms with van der Waals surface area (Å²) in [6, 6.07) is 7.02. The first kappa shape index (κ1) is 18.7. The van der Waals surface area contributed by atoms with Crippen molar-refractivity contribution in [2.24, 2.45) is 0 Å². The molecule has 0 aliphatic carbocycles. The van der Waals surface area contributed by atoms with Crippen LogP contribution in [0.4, 0.5) is 0 Å². The molecule has 0 amide bonds. The normalized spacial score (nSPS) is 11.7. The lowest BCUT2D eigenvalue weighted by molar-refractivity contribution is 0.0969. The Kier molecular flexibility index (Phi) is 5.51. The monoisotopic (exact) mass is 413 g/mol. The summed E-state index contributed by atoms with van der Waals surface area (Å²) in [5, 5.41) is 5.89. The molecule has 3 rings (SSSR count). The van der Waals surface area contributed by atoms with E-state index in [4.69, 9.17) is 4.42 Å². The fourth-order valence-corrected chi connectivity index (χ4v) is 4.20. The van der Waals surface area contributed by atoms with Crippen molar-refractivity contribution in [1.82, 2.24) is 14.5 Å². The van der Waals surface area contributed by atoms with E-state index in [1.807, 2.05) is 11.4 Å². The van der Waals surface area contributed by atoms with Crippen LogP contribution in [-0.2, 0) is 23.0 Å². The van der Waals surface area contributed by atoms with E-state index < -0.39 is 15.8 Å². The molecule has 0 unspecified atom stereocenters. The van der Waals surface area contributed by atoms with Gasteiger partial charge in [0.05, 0.1) is 16.0 Å². The van der Waals surface area contributed by atoms with Gasteiger partial charge in [-0.25, -0.2) is 17.9 Å². The summed E-state index contributed by atoms with van der Waals surface area (Å²) >= 11 is 2.65. The number of carbonyl (C=O) groups excluding carboxylic acids is 1. The molecule has 8 nitrogen and oxygen atoms in total. The van der Waals surface area contributed by atoms with Gasteiger partial charge in [0.1, 0.15) is 6.54 Å². The van der Waals surface area contributed by atoms with Crippen LogP contribution >= 0.6 is 22.7 Å². The zero-order valence-corrected chi connectivity index (χ0v) is 16.1. The highest BCUT2D eigenvalue weighted by atomic mass is 32.2. The summed E-state index contributed by atoms with van der Waals surface area (Å²) in [4.78, 5) is 26.3. The standard InChI is InChI=1S/C15H15N3O5S3/c1-26(21,22)16-7-6-10-4-5-12(25-10)11(19)9-18-15(20)23-14(17-18)13-3-2-8-24-13/h2-5,8,16H,6-7,9H2,1H3. The van der Waals surface area contributed by atoms with Gasteiger partial charge in [-0.3, -0.25) is 4.79 Å². The van der Waals surface area contributed by atoms with Crippen molar-refractivity contribution in [3.05, 3.63) is 50.0 Å². The lowest BCUT2D eigenvalue weighted by Crippen LogP contribution is -2.24. The zero-order valence-electron chi connectivity index (χ0n) is 13.7. The van der Waals surface area contributed by atoms with Crippen LogP contribution in [-0.4, -0.2) is 36.8 Å². The minimum atomic E-state index is -3.23. The number of aromatic nitrogens is 2. The molecule has 3 heterocycles. The second kappa shape index (κ2) is 7.66. The van der Waals surface area contributed by atoms with Crippen LogP contribution in [0.25, 0.3) is 10.8 Å². The number of rotatable bonds is 8. The molecule has 0 radical (unpaired) electrons. The van der Waals surface area contributed by atoms with Gasteiger partial charge in [-0.2, -0.15) is 4.68 Å². The Labute approximate surface area is 157 Å². The number of carbonyl (C=O) groups is 1. The lowest BCUT2D eigenvalue weighted by Gasteiger charge is -1.99. The molecule has 0 bridgehead atoms. The number of thiophene rings is 2. The maximum Gasteiger partial charge on any atom is 0.437 e. The average molecular weight is 414 g/mol. The van der Waals surface area contributed by atoms with Gasteiger partial charge in [-0.1, -0.05) is 6.07 Å². The van der Waals surface area contributed by atoms with Gasteiger partial charge in [-0.15, -0.1) is 27.8 Å². The maximum atomic E-state index is 12.4. The maximum absolute atomic E-state index is 12.4. The van der Waals surface area contributed by atoms with Crippen LogP contribution in [0.3, 0.4) is 0 Å². The highest BCUT2D eigenvalue weighted by Crippen LogP contribution is 2.21. The van der Waals surface area contributed by atoms with Gasteiger partial charge in [0.25, 0.3) is 5.89 Å². The summed E-state index contributed by atoms with van der Waals surface area (Å²) in [7, 11) is -3.23. The fourth-order valence-electron chi connectivity index (χ4n) is 2.14. The van der Waals surface area contributed by atoms with Crippen molar-refractivity contribution in [2.75, 3.05) is 12.8 Å². The molecule has 138 valence electrons. The van der Waals surface area contributed by atoms with Crippen LogP contribution in [0.5, 0.6) is 0 Å². The minimum Gasteiger partial charge on any atom is -0.387 e. The zero-order chi connectivity index (χ0) is 18.7. The molecule has 0 atom stereocenters. The molecule has 3 aromatic rings. The van der Waals surface area contributed by atoms with E-state index >= 15 is 0 Å². The van der Waals surface area contributed by atoms with E-state index in [2.05, 4.69) is 9.82 Å². The molecular weight excluding hydrogens is 398 g/mol. The first-order chi connectivity index (χ1) is 12.3. The van der Waals surface area contributed by atoms with E-state index in [9.17, 15) is 18.0 Å². The van der Waals surface area contributed by atoms with Crippen LogP contribution < -0.4 is 10.5 Å². The Morgan fingerprint density at radius 3 is 2.85 bits per heavy atom. The Bertz CT molecular complexity index is 1060. The lowest BCUT2D eigenvalue weighted by atomic mass is 10.3. The molecule has 0 spiro atoms. The van der Waals surface area contributed by atoms with Gasteiger partial charge >= 0.3 is 5.76 Å². The molecule has 1 N–H and O–H groups in total. The summed E-state index contributed by atoms with van der Waals surface area (Å²) in [6.07, 6.45) is 1.58. The molecule has 0 saturated carbocycles. The number of nitrogens with zero attached hydrogens (tertiary/aromatic N) is 2. The molecule has 0 fully saturated rings. The third-order valence-corrected chi connectivity index (χ3v) is 6.08. The van der Waals surface area contributed by atoms with E-state index in [0.29, 0.717) is 16.2 Å². The van der Waals surface area contributed by atoms with E-state index in [-0.39, 0.29) is 24.8 Å². The molecule has 11 heteroatoms. The quantitative estimate of drug-likeness (QED) is 0.562. The number of nitrogens with one attached hydrogen (secondary N) is 1. The third kappa shape index (κ3) is 4.75. The summed E-state index contributed by atoms with van der Waals surface area (Å²) in [6.45, 7) is 0.0507. The number of ketones is 1. The Balaban J connectivity index is 1.65. The van der Waals surface area contributed by atoms with Crippen molar-refractivity contribution in [3.63, 3.8) is 0 Å². The second-order valence-corrected chi connectivity index (χ2v) is 9.36. The number of hydrogen-bond donors (Lipinski definition) is 1. The minimum absolute atomic E-state index is 0.191.